The highest BCUT2D eigenvalue weighted by Gasteiger charge is 2.16. The fraction of sp³-hybridized carbons (Fsp3) is 0.615. The molecule has 0 saturated heterocycles. The molecular formula is C13H21N2O3. The first-order valence-corrected chi connectivity index (χ1v) is 5.85. The van der Waals surface area contributed by atoms with Crippen molar-refractivity contribution in [2.24, 2.45) is 10.9 Å². The van der Waals surface area contributed by atoms with Crippen LogP contribution < -0.4 is 0 Å². The fourth-order valence-electron chi connectivity index (χ4n) is 1.09. The Morgan fingerprint density at radius 3 is 2.39 bits per heavy atom. The molecule has 0 aromatic carbocycles. The number of ketones is 1. The normalized spacial score (nSPS) is 13.4. The highest BCUT2D eigenvalue weighted by molar-refractivity contribution is 6.42. The molecule has 18 heavy (non-hydrogen) atoms. The van der Waals surface area contributed by atoms with Gasteiger partial charge in [-0.2, -0.15) is 4.99 Å². The molecule has 1 unspecified atom stereocenters. The lowest BCUT2D eigenvalue weighted by atomic mass is 9.98. The van der Waals surface area contributed by atoms with Crippen LogP contribution in [0.1, 0.15) is 41.0 Å². The molecule has 1 amide bonds. The average molecular weight is 253 g/mol. The third kappa shape index (κ3) is 6.93. The molecule has 0 spiro atoms. The lowest BCUT2D eigenvalue weighted by molar-refractivity contribution is -0.110. The molecule has 0 aromatic rings. The van der Waals surface area contributed by atoms with Crippen molar-refractivity contribution in [3.63, 3.8) is 0 Å². The van der Waals surface area contributed by atoms with Gasteiger partial charge in [-0.15, -0.1) is 0 Å². The summed E-state index contributed by atoms with van der Waals surface area (Å²) in [6.07, 6.45) is 2.44. The quantitative estimate of drug-likeness (QED) is 0.765. The first kappa shape index (κ1) is 16.5. The second-order valence-corrected chi connectivity index (χ2v) is 5.00. The van der Waals surface area contributed by atoms with Gasteiger partial charge in [0.15, 0.2) is 5.78 Å². The van der Waals surface area contributed by atoms with Gasteiger partial charge in [0.05, 0.1) is 5.71 Å². The van der Waals surface area contributed by atoms with Crippen LogP contribution in [0, 0.1) is 17.7 Å². The Kier molecular flexibility index (Phi) is 6.44. The number of ether oxygens (including phenoxy) is 1. The number of hydrogen-bond donors (Lipinski definition) is 1. The fourth-order valence-corrected chi connectivity index (χ4v) is 1.09. The summed E-state index contributed by atoms with van der Waals surface area (Å²) in [7, 11) is 0. The van der Waals surface area contributed by atoms with Gasteiger partial charge in [0.25, 0.3) is 0 Å². The number of hydrogen-bond acceptors (Lipinski definition) is 4. The van der Waals surface area contributed by atoms with E-state index in [1.807, 2.05) is 0 Å². The van der Waals surface area contributed by atoms with E-state index in [1.165, 1.54) is 12.6 Å². The van der Waals surface area contributed by atoms with Crippen molar-refractivity contribution in [1.82, 2.24) is 0 Å². The van der Waals surface area contributed by atoms with E-state index in [-0.39, 0.29) is 17.4 Å². The number of aliphatic imine (C=N–C) groups is 1. The second kappa shape index (κ2) is 7.03. The van der Waals surface area contributed by atoms with Crippen LogP contribution in [0.25, 0.3) is 0 Å². The van der Waals surface area contributed by atoms with Crippen LogP contribution in [0.2, 0.25) is 0 Å². The van der Waals surface area contributed by atoms with E-state index >= 15 is 0 Å². The predicted octanol–water partition coefficient (Wildman–Crippen LogP) is 2.83. The van der Waals surface area contributed by atoms with E-state index in [0.717, 1.165) is 0 Å². The maximum absolute atomic E-state index is 11.3. The van der Waals surface area contributed by atoms with Crippen LogP contribution in [0.3, 0.4) is 0 Å². The summed E-state index contributed by atoms with van der Waals surface area (Å²) < 4.78 is 4.98. The summed E-state index contributed by atoms with van der Waals surface area (Å²) in [5, 5.41) is 7.57. The lowest BCUT2D eigenvalue weighted by Gasteiger charge is -2.17. The summed E-state index contributed by atoms with van der Waals surface area (Å²) in [5.74, 6) is -0.562. The molecule has 101 valence electrons. The smallest absolute Gasteiger partial charge is 0.433 e. The van der Waals surface area contributed by atoms with E-state index in [0.29, 0.717) is 6.42 Å². The van der Waals surface area contributed by atoms with Gasteiger partial charge < -0.3 is 10.1 Å². The zero-order chi connectivity index (χ0) is 14.3. The first-order valence-electron chi connectivity index (χ1n) is 5.85. The van der Waals surface area contributed by atoms with E-state index in [2.05, 4.69) is 4.99 Å². The minimum Gasteiger partial charge on any atom is -0.442 e. The largest absolute Gasteiger partial charge is 0.442 e. The van der Waals surface area contributed by atoms with Crippen molar-refractivity contribution in [3.05, 3.63) is 6.42 Å². The molecule has 1 N–H and O–H groups in total. The van der Waals surface area contributed by atoms with Crippen LogP contribution in [-0.2, 0) is 9.53 Å². The van der Waals surface area contributed by atoms with Crippen molar-refractivity contribution >= 4 is 23.8 Å². The standard InChI is InChI=1S/C13H21N2O3/c1-6-10(16)11(14)9(2)7-8-15-12(17)18-13(3,4)5/h6,8-9,14H,7H2,1-5H3. The van der Waals surface area contributed by atoms with E-state index in [9.17, 15) is 9.59 Å². The summed E-state index contributed by atoms with van der Waals surface area (Å²) in [5.41, 5.74) is -0.548. The number of Topliss-reactive ketones (excluding diaryl/α,β-unsaturated/α-hetero) is 1. The molecule has 0 rings (SSSR count). The predicted molar refractivity (Wildman–Crippen MR) is 71.2 cm³/mol. The van der Waals surface area contributed by atoms with Gasteiger partial charge in [0, 0.05) is 18.6 Å². The van der Waals surface area contributed by atoms with Gasteiger partial charge in [-0.1, -0.05) is 13.8 Å². The van der Waals surface area contributed by atoms with E-state index in [1.54, 1.807) is 34.6 Å². The molecular weight excluding hydrogens is 232 g/mol. The van der Waals surface area contributed by atoms with Crippen molar-refractivity contribution < 1.29 is 14.3 Å². The second-order valence-electron chi connectivity index (χ2n) is 5.00. The lowest BCUT2D eigenvalue weighted by Crippen LogP contribution is -2.22. The zero-order valence-corrected chi connectivity index (χ0v) is 11.6. The van der Waals surface area contributed by atoms with Gasteiger partial charge >= 0.3 is 6.09 Å². The summed E-state index contributed by atoms with van der Waals surface area (Å²) in [6.45, 7) is 8.61. The molecule has 1 radical (unpaired) electrons. The van der Waals surface area contributed by atoms with Crippen LogP contribution in [-0.4, -0.2) is 29.4 Å². The molecule has 0 fully saturated rings. The SMILES string of the molecule is C[CH]C(=O)C(=N)C(C)CC=NC(=O)OC(C)(C)C. The summed E-state index contributed by atoms with van der Waals surface area (Å²) in [4.78, 5) is 26.1. The molecule has 0 bridgehead atoms. The number of carbonyl (C=O) groups is 2. The highest BCUT2D eigenvalue weighted by Crippen LogP contribution is 2.08. The van der Waals surface area contributed by atoms with Crippen molar-refractivity contribution in [2.75, 3.05) is 0 Å². The van der Waals surface area contributed by atoms with Crippen LogP contribution >= 0.6 is 0 Å². The molecule has 0 saturated carbocycles. The number of amides is 1. The van der Waals surface area contributed by atoms with Gasteiger partial charge in [0.2, 0.25) is 0 Å². The maximum atomic E-state index is 11.3. The van der Waals surface area contributed by atoms with Crippen LogP contribution in [0.5, 0.6) is 0 Å². The molecule has 0 aromatic heterocycles. The van der Waals surface area contributed by atoms with Gasteiger partial charge in [-0.05, 0) is 27.2 Å². The summed E-state index contributed by atoms with van der Waals surface area (Å²) in [6, 6.07) is 0. The molecule has 5 nitrogen and oxygen atoms in total. The highest BCUT2D eigenvalue weighted by atomic mass is 16.6. The Morgan fingerprint density at radius 2 is 1.94 bits per heavy atom. The Balaban J connectivity index is 4.21. The van der Waals surface area contributed by atoms with Gasteiger partial charge in [-0.3, -0.25) is 4.79 Å². The number of nitrogens with zero attached hydrogens (tertiary/aromatic N) is 1. The van der Waals surface area contributed by atoms with Gasteiger partial charge in [-0.25, -0.2) is 4.79 Å². The first-order chi connectivity index (χ1) is 8.17. The van der Waals surface area contributed by atoms with E-state index < -0.39 is 11.7 Å². The molecule has 5 heteroatoms. The molecule has 0 heterocycles. The third-order valence-electron chi connectivity index (χ3n) is 2.07. The molecule has 0 aliphatic carbocycles. The van der Waals surface area contributed by atoms with Crippen LogP contribution in [0.15, 0.2) is 4.99 Å². The molecule has 0 aliphatic rings. The Labute approximate surface area is 108 Å². The van der Waals surface area contributed by atoms with Gasteiger partial charge in [0.1, 0.15) is 5.60 Å². The minimum absolute atomic E-state index is 0.0214. The minimum atomic E-state index is -0.658. The summed E-state index contributed by atoms with van der Waals surface area (Å²) >= 11 is 0. The van der Waals surface area contributed by atoms with Crippen molar-refractivity contribution in [1.29, 1.82) is 5.41 Å². The average Bonchev–Trinajstić information content (AvgIpc) is 2.24. The Bertz CT molecular complexity index is 354. The van der Waals surface area contributed by atoms with Crippen LogP contribution in [0.4, 0.5) is 4.79 Å². The third-order valence-corrected chi connectivity index (χ3v) is 2.07. The topological polar surface area (TPSA) is 79.6 Å². The maximum Gasteiger partial charge on any atom is 0.433 e. The number of rotatable bonds is 5. The van der Waals surface area contributed by atoms with E-state index in [4.69, 9.17) is 10.1 Å². The van der Waals surface area contributed by atoms with Crippen molar-refractivity contribution in [3.8, 4) is 0 Å². The Morgan fingerprint density at radius 1 is 1.39 bits per heavy atom. The molecule has 0 aliphatic heterocycles. The Hall–Kier alpha value is -1.52. The zero-order valence-electron chi connectivity index (χ0n) is 11.6. The number of carbonyl (C=O) groups excluding carboxylic acids is 2. The van der Waals surface area contributed by atoms with Crippen molar-refractivity contribution in [2.45, 2.75) is 46.6 Å². The monoisotopic (exact) mass is 253 g/mol. The number of nitrogens with one attached hydrogen (secondary N) is 1. The molecule has 1 atom stereocenters.